The van der Waals surface area contributed by atoms with Gasteiger partial charge in [0, 0.05) is 11.1 Å². The average Bonchev–Trinajstić information content (AvgIpc) is 2.61. The topological polar surface area (TPSA) is 83.1 Å². The highest BCUT2D eigenvalue weighted by molar-refractivity contribution is 5.93. The van der Waals surface area contributed by atoms with Crippen molar-refractivity contribution >= 4 is 11.6 Å². The van der Waals surface area contributed by atoms with Crippen molar-refractivity contribution in [1.82, 2.24) is 9.38 Å². The monoisotopic (exact) mass is 187 g/mol. The van der Waals surface area contributed by atoms with Crippen molar-refractivity contribution in [2.45, 2.75) is 0 Å². The lowest BCUT2D eigenvalue weighted by Gasteiger charge is -1.94. The minimum atomic E-state index is -0.633. The second kappa shape index (κ2) is 3.20. The van der Waals surface area contributed by atoms with E-state index in [1.54, 1.807) is 22.7 Å². The molecule has 0 saturated heterocycles. The summed E-state index contributed by atoms with van der Waals surface area (Å²) in [6.45, 7) is 0. The van der Waals surface area contributed by atoms with Gasteiger partial charge in [-0.1, -0.05) is 6.07 Å². The van der Waals surface area contributed by atoms with E-state index in [-0.39, 0.29) is 5.69 Å². The van der Waals surface area contributed by atoms with Crippen molar-refractivity contribution in [1.29, 1.82) is 0 Å². The predicted octanol–water partition coefficient (Wildman–Crippen LogP) is 1.78. The molecular formula is C8H5N5O. The molecule has 1 amide bonds. The number of aromatic nitrogens is 2. The maximum Gasteiger partial charge on any atom is 0.267 e. The largest absolute Gasteiger partial charge is 0.297 e. The fraction of sp³-hybridized carbons (Fsp3) is 0. The number of rotatable bonds is 1. The summed E-state index contributed by atoms with van der Waals surface area (Å²) in [5, 5.41) is 3.00. The molecule has 0 spiro atoms. The first kappa shape index (κ1) is 8.28. The number of pyridine rings is 1. The lowest BCUT2D eigenvalue weighted by atomic mass is 10.4. The van der Waals surface area contributed by atoms with Gasteiger partial charge >= 0.3 is 0 Å². The minimum Gasteiger partial charge on any atom is -0.297 e. The van der Waals surface area contributed by atoms with E-state index in [0.717, 1.165) is 0 Å². The van der Waals surface area contributed by atoms with Gasteiger partial charge in [-0.25, -0.2) is 4.98 Å². The number of carbonyl (C=O) groups is 1. The first-order valence-corrected chi connectivity index (χ1v) is 3.84. The van der Waals surface area contributed by atoms with Crippen LogP contribution in [-0.2, 0) is 0 Å². The van der Waals surface area contributed by atoms with Gasteiger partial charge in [0.1, 0.15) is 11.3 Å². The molecule has 0 bridgehead atoms. The van der Waals surface area contributed by atoms with Crippen LogP contribution >= 0.6 is 0 Å². The van der Waals surface area contributed by atoms with Crippen molar-refractivity contribution < 1.29 is 4.79 Å². The van der Waals surface area contributed by atoms with Crippen molar-refractivity contribution in [2.24, 2.45) is 5.11 Å². The second-order valence-electron chi connectivity index (χ2n) is 2.57. The molecule has 2 aromatic heterocycles. The lowest BCUT2D eigenvalue weighted by Crippen LogP contribution is -1.98. The Balaban J connectivity index is 2.64. The number of hydrogen-bond acceptors (Lipinski definition) is 2. The van der Waals surface area contributed by atoms with Crippen LogP contribution < -0.4 is 0 Å². The maximum absolute atomic E-state index is 11.2. The highest BCUT2D eigenvalue weighted by Crippen LogP contribution is 2.06. The van der Waals surface area contributed by atoms with Gasteiger partial charge < -0.3 is 0 Å². The Morgan fingerprint density at radius 1 is 1.57 bits per heavy atom. The van der Waals surface area contributed by atoms with E-state index in [1.807, 2.05) is 6.07 Å². The standard InChI is InChI=1S/C8H5N5O/c9-12-11-8(14)6-5-10-7-3-1-2-4-13(6)7/h1-5H. The first-order chi connectivity index (χ1) is 6.83. The molecule has 14 heavy (non-hydrogen) atoms. The number of imidazole rings is 1. The van der Waals surface area contributed by atoms with Gasteiger partial charge in [-0.05, 0) is 22.8 Å². The number of amides is 1. The van der Waals surface area contributed by atoms with Crippen LogP contribution in [0.15, 0.2) is 35.7 Å². The summed E-state index contributed by atoms with van der Waals surface area (Å²) in [4.78, 5) is 17.7. The zero-order valence-electron chi connectivity index (χ0n) is 7.03. The average molecular weight is 187 g/mol. The van der Waals surface area contributed by atoms with Gasteiger partial charge in [-0.3, -0.25) is 9.20 Å². The first-order valence-electron chi connectivity index (χ1n) is 3.84. The Hall–Kier alpha value is -2.33. The molecule has 68 valence electrons. The molecule has 6 heteroatoms. The van der Waals surface area contributed by atoms with Crippen molar-refractivity contribution in [3.63, 3.8) is 0 Å². The van der Waals surface area contributed by atoms with Crippen molar-refractivity contribution in [2.75, 3.05) is 0 Å². The van der Waals surface area contributed by atoms with Crippen LogP contribution in [0.2, 0.25) is 0 Å². The zero-order chi connectivity index (χ0) is 9.97. The zero-order valence-corrected chi connectivity index (χ0v) is 7.03. The third-order valence-corrected chi connectivity index (χ3v) is 1.77. The number of carbonyl (C=O) groups excluding carboxylic acids is 1. The van der Waals surface area contributed by atoms with Gasteiger partial charge in [-0.2, -0.15) is 0 Å². The van der Waals surface area contributed by atoms with Crippen LogP contribution in [0, 0.1) is 0 Å². The van der Waals surface area contributed by atoms with Gasteiger partial charge in [0.25, 0.3) is 5.91 Å². The van der Waals surface area contributed by atoms with E-state index >= 15 is 0 Å². The number of nitrogens with zero attached hydrogens (tertiary/aromatic N) is 5. The van der Waals surface area contributed by atoms with E-state index in [1.165, 1.54) is 6.20 Å². The summed E-state index contributed by atoms with van der Waals surface area (Å²) in [5.41, 5.74) is 9.02. The summed E-state index contributed by atoms with van der Waals surface area (Å²) in [5.74, 6) is -0.633. The summed E-state index contributed by atoms with van der Waals surface area (Å²) < 4.78 is 1.57. The summed E-state index contributed by atoms with van der Waals surface area (Å²) in [6.07, 6.45) is 3.06. The molecule has 0 aliphatic heterocycles. The minimum absolute atomic E-state index is 0.262. The molecular weight excluding hydrogens is 182 g/mol. The van der Waals surface area contributed by atoms with Crippen LogP contribution in [0.25, 0.3) is 16.1 Å². The fourth-order valence-corrected chi connectivity index (χ4v) is 1.18. The third-order valence-electron chi connectivity index (χ3n) is 1.77. The molecule has 0 N–H and O–H groups in total. The van der Waals surface area contributed by atoms with E-state index in [9.17, 15) is 4.79 Å². The maximum atomic E-state index is 11.2. The van der Waals surface area contributed by atoms with E-state index in [4.69, 9.17) is 5.53 Å². The van der Waals surface area contributed by atoms with Gasteiger partial charge in [0.05, 0.1) is 6.20 Å². The van der Waals surface area contributed by atoms with Crippen LogP contribution in [0.1, 0.15) is 10.5 Å². The molecule has 0 radical (unpaired) electrons. The molecule has 0 aliphatic rings. The molecule has 0 unspecified atom stereocenters. The summed E-state index contributed by atoms with van der Waals surface area (Å²) in [7, 11) is 0. The molecule has 0 aromatic carbocycles. The number of hydrogen-bond donors (Lipinski definition) is 0. The van der Waals surface area contributed by atoms with Crippen molar-refractivity contribution in [3.05, 3.63) is 46.7 Å². The van der Waals surface area contributed by atoms with E-state index < -0.39 is 5.91 Å². The second-order valence-corrected chi connectivity index (χ2v) is 2.57. The Labute approximate surface area is 78.4 Å². The van der Waals surface area contributed by atoms with Crippen LogP contribution in [0.4, 0.5) is 0 Å². The van der Waals surface area contributed by atoms with Crippen LogP contribution in [0.5, 0.6) is 0 Å². The lowest BCUT2D eigenvalue weighted by molar-refractivity contribution is 0.0995. The fourth-order valence-electron chi connectivity index (χ4n) is 1.18. The van der Waals surface area contributed by atoms with Gasteiger partial charge in [0.15, 0.2) is 0 Å². The molecule has 6 nitrogen and oxygen atoms in total. The number of fused-ring (bicyclic) bond motifs is 1. The Bertz CT molecular complexity index is 537. The molecule has 2 rings (SSSR count). The smallest absolute Gasteiger partial charge is 0.267 e. The SMILES string of the molecule is [N-]=[N+]=NC(=O)c1cnc2ccccn12. The predicted molar refractivity (Wildman–Crippen MR) is 48.7 cm³/mol. The quantitative estimate of drug-likeness (QED) is 0.387. The molecule has 0 aliphatic carbocycles. The van der Waals surface area contributed by atoms with Crippen molar-refractivity contribution in [3.8, 4) is 0 Å². The molecule has 2 heterocycles. The highest BCUT2D eigenvalue weighted by Gasteiger charge is 2.08. The molecule has 0 saturated carbocycles. The van der Waals surface area contributed by atoms with Crippen LogP contribution in [0.3, 0.4) is 0 Å². The van der Waals surface area contributed by atoms with E-state index in [0.29, 0.717) is 5.65 Å². The molecule has 2 aromatic rings. The highest BCUT2D eigenvalue weighted by atomic mass is 16.1. The van der Waals surface area contributed by atoms with E-state index in [2.05, 4.69) is 15.0 Å². The third kappa shape index (κ3) is 1.19. The summed E-state index contributed by atoms with van der Waals surface area (Å²) >= 11 is 0. The van der Waals surface area contributed by atoms with Gasteiger partial charge in [0.2, 0.25) is 0 Å². The Morgan fingerprint density at radius 3 is 3.21 bits per heavy atom. The summed E-state index contributed by atoms with van der Waals surface area (Å²) in [6, 6.07) is 5.33. The molecule has 0 atom stereocenters. The molecule has 0 fully saturated rings. The Morgan fingerprint density at radius 2 is 2.43 bits per heavy atom. The van der Waals surface area contributed by atoms with Gasteiger partial charge in [-0.15, -0.1) is 0 Å². The Kier molecular flexibility index (Phi) is 1.89. The van der Waals surface area contributed by atoms with Crippen LogP contribution in [-0.4, -0.2) is 15.3 Å². The normalized spacial score (nSPS) is 9.71. The number of azide groups is 1.